The maximum absolute atomic E-state index is 12.5. The molecule has 124 valence electrons. The van der Waals surface area contributed by atoms with Gasteiger partial charge in [-0.1, -0.05) is 0 Å². The molecule has 0 saturated carbocycles. The highest BCUT2D eigenvalue weighted by Gasteiger charge is 2.35. The lowest BCUT2D eigenvalue weighted by atomic mass is 10.0. The molecule has 0 aliphatic carbocycles. The molecular formula is C15H27N5O2. The number of carbonyl (C=O) groups excluding carboxylic acids is 1. The molecule has 22 heavy (non-hydrogen) atoms. The van der Waals surface area contributed by atoms with E-state index in [4.69, 9.17) is 4.74 Å². The monoisotopic (exact) mass is 309 g/mol. The number of aryl methyl sites for hydroxylation is 1. The zero-order valence-electron chi connectivity index (χ0n) is 13.8. The van der Waals surface area contributed by atoms with Crippen LogP contribution in [-0.2, 0) is 22.6 Å². The standard InChI is InChI=1S/C15H27N5O2/c1-15(2,20-8-4-5-9-20)14(21)16-11-13-18-17-12-19(13)7-6-10-22-3/h12H,4-11H2,1-3H3,(H,16,21). The van der Waals surface area contributed by atoms with Crippen LogP contribution in [0, 0.1) is 0 Å². The Morgan fingerprint density at radius 2 is 2.14 bits per heavy atom. The van der Waals surface area contributed by atoms with E-state index >= 15 is 0 Å². The normalized spacial score (nSPS) is 16.1. The molecule has 0 aromatic carbocycles. The number of ether oxygens (including phenoxy) is 1. The van der Waals surface area contributed by atoms with E-state index in [2.05, 4.69) is 20.4 Å². The maximum atomic E-state index is 12.5. The summed E-state index contributed by atoms with van der Waals surface area (Å²) in [6, 6.07) is 0. The van der Waals surface area contributed by atoms with Crippen LogP contribution >= 0.6 is 0 Å². The molecule has 0 radical (unpaired) electrons. The Bertz CT molecular complexity index is 480. The predicted octanol–water partition coefficient (Wildman–Crippen LogP) is 0.805. The molecule has 1 N–H and O–H groups in total. The molecule has 2 rings (SSSR count). The summed E-state index contributed by atoms with van der Waals surface area (Å²) in [5.74, 6) is 0.822. The molecule has 0 atom stereocenters. The number of likely N-dealkylation sites (tertiary alicyclic amines) is 1. The van der Waals surface area contributed by atoms with Gasteiger partial charge in [-0.05, 0) is 46.2 Å². The third kappa shape index (κ3) is 4.04. The van der Waals surface area contributed by atoms with Crippen molar-refractivity contribution < 1.29 is 9.53 Å². The highest BCUT2D eigenvalue weighted by Crippen LogP contribution is 2.21. The van der Waals surface area contributed by atoms with Crippen LogP contribution in [0.25, 0.3) is 0 Å². The van der Waals surface area contributed by atoms with Crippen molar-refractivity contribution in [3.63, 3.8) is 0 Å². The molecule has 1 aliphatic heterocycles. The number of hydrogen-bond acceptors (Lipinski definition) is 5. The van der Waals surface area contributed by atoms with Gasteiger partial charge in [-0.3, -0.25) is 9.69 Å². The smallest absolute Gasteiger partial charge is 0.240 e. The molecule has 1 saturated heterocycles. The third-order valence-corrected chi connectivity index (χ3v) is 4.30. The van der Waals surface area contributed by atoms with E-state index in [0.717, 1.165) is 31.9 Å². The Morgan fingerprint density at radius 1 is 1.41 bits per heavy atom. The molecular weight excluding hydrogens is 282 g/mol. The van der Waals surface area contributed by atoms with Gasteiger partial charge in [0.15, 0.2) is 5.82 Å². The number of hydrogen-bond donors (Lipinski definition) is 1. The van der Waals surface area contributed by atoms with Crippen molar-refractivity contribution in [3.8, 4) is 0 Å². The summed E-state index contributed by atoms with van der Waals surface area (Å²) >= 11 is 0. The number of carbonyl (C=O) groups is 1. The number of methoxy groups -OCH3 is 1. The van der Waals surface area contributed by atoms with Crippen molar-refractivity contribution in [2.75, 3.05) is 26.8 Å². The average molecular weight is 309 g/mol. The summed E-state index contributed by atoms with van der Waals surface area (Å²) in [5, 5.41) is 11.0. The van der Waals surface area contributed by atoms with Crippen LogP contribution in [0.5, 0.6) is 0 Å². The molecule has 7 nitrogen and oxygen atoms in total. The summed E-state index contributed by atoms with van der Waals surface area (Å²) in [6.07, 6.45) is 4.94. The van der Waals surface area contributed by atoms with Gasteiger partial charge in [0.2, 0.25) is 5.91 Å². The van der Waals surface area contributed by atoms with E-state index < -0.39 is 5.54 Å². The zero-order valence-corrected chi connectivity index (χ0v) is 13.8. The maximum Gasteiger partial charge on any atom is 0.240 e. The molecule has 1 fully saturated rings. The molecule has 1 aliphatic rings. The topological polar surface area (TPSA) is 72.3 Å². The molecule has 1 aromatic heterocycles. The Balaban J connectivity index is 1.87. The summed E-state index contributed by atoms with van der Waals surface area (Å²) < 4.78 is 7.01. The first-order valence-electron chi connectivity index (χ1n) is 7.94. The van der Waals surface area contributed by atoms with Gasteiger partial charge in [0.25, 0.3) is 0 Å². The molecule has 2 heterocycles. The summed E-state index contributed by atoms with van der Waals surface area (Å²) in [6.45, 7) is 7.85. The summed E-state index contributed by atoms with van der Waals surface area (Å²) in [7, 11) is 1.69. The van der Waals surface area contributed by atoms with Gasteiger partial charge in [-0.15, -0.1) is 10.2 Å². The first-order valence-corrected chi connectivity index (χ1v) is 7.94. The van der Waals surface area contributed by atoms with E-state index in [1.54, 1.807) is 13.4 Å². The lowest BCUT2D eigenvalue weighted by molar-refractivity contribution is -0.131. The molecule has 0 bridgehead atoms. The van der Waals surface area contributed by atoms with Crippen molar-refractivity contribution in [2.24, 2.45) is 0 Å². The van der Waals surface area contributed by atoms with Crippen LogP contribution in [0.4, 0.5) is 0 Å². The van der Waals surface area contributed by atoms with Crippen molar-refractivity contribution in [1.29, 1.82) is 0 Å². The second-order valence-corrected chi connectivity index (χ2v) is 6.22. The summed E-state index contributed by atoms with van der Waals surface area (Å²) in [4.78, 5) is 14.7. The Labute approximate surface area is 132 Å². The Hall–Kier alpha value is -1.47. The van der Waals surface area contributed by atoms with Crippen LogP contribution in [-0.4, -0.2) is 57.9 Å². The lowest BCUT2D eigenvalue weighted by Gasteiger charge is -2.33. The van der Waals surface area contributed by atoms with E-state index in [1.165, 1.54) is 12.8 Å². The molecule has 1 aromatic rings. The van der Waals surface area contributed by atoms with Gasteiger partial charge in [0.1, 0.15) is 6.33 Å². The molecule has 0 unspecified atom stereocenters. The van der Waals surface area contributed by atoms with E-state index in [0.29, 0.717) is 13.2 Å². The third-order valence-electron chi connectivity index (χ3n) is 4.30. The minimum Gasteiger partial charge on any atom is -0.385 e. The zero-order chi connectivity index (χ0) is 16.0. The van der Waals surface area contributed by atoms with Gasteiger partial charge >= 0.3 is 0 Å². The Morgan fingerprint density at radius 3 is 2.82 bits per heavy atom. The van der Waals surface area contributed by atoms with E-state index in [1.807, 2.05) is 18.4 Å². The van der Waals surface area contributed by atoms with Crippen molar-refractivity contribution in [2.45, 2.75) is 51.7 Å². The van der Waals surface area contributed by atoms with Gasteiger partial charge in [-0.25, -0.2) is 0 Å². The van der Waals surface area contributed by atoms with Crippen LogP contribution < -0.4 is 5.32 Å². The van der Waals surface area contributed by atoms with Crippen LogP contribution in [0.2, 0.25) is 0 Å². The van der Waals surface area contributed by atoms with E-state index in [9.17, 15) is 4.79 Å². The fraction of sp³-hybridized carbons (Fsp3) is 0.800. The van der Waals surface area contributed by atoms with Crippen LogP contribution in [0.3, 0.4) is 0 Å². The quantitative estimate of drug-likeness (QED) is 0.719. The first kappa shape index (κ1) is 16.9. The van der Waals surface area contributed by atoms with Gasteiger partial charge < -0.3 is 14.6 Å². The summed E-state index contributed by atoms with van der Waals surface area (Å²) in [5.41, 5.74) is -0.475. The lowest BCUT2D eigenvalue weighted by Crippen LogP contribution is -2.53. The minimum atomic E-state index is -0.475. The van der Waals surface area contributed by atoms with Crippen molar-refractivity contribution >= 4 is 5.91 Å². The molecule has 0 spiro atoms. The van der Waals surface area contributed by atoms with Crippen LogP contribution in [0.15, 0.2) is 6.33 Å². The van der Waals surface area contributed by atoms with Crippen LogP contribution in [0.1, 0.15) is 38.9 Å². The number of nitrogens with one attached hydrogen (secondary N) is 1. The number of amides is 1. The highest BCUT2D eigenvalue weighted by atomic mass is 16.5. The molecule has 1 amide bonds. The number of aromatic nitrogens is 3. The van der Waals surface area contributed by atoms with Crippen molar-refractivity contribution in [3.05, 3.63) is 12.2 Å². The van der Waals surface area contributed by atoms with E-state index in [-0.39, 0.29) is 5.91 Å². The minimum absolute atomic E-state index is 0.0424. The fourth-order valence-electron chi connectivity index (χ4n) is 2.78. The average Bonchev–Trinajstić information content (AvgIpc) is 3.17. The first-order chi connectivity index (χ1) is 10.6. The van der Waals surface area contributed by atoms with Gasteiger partial charge in [0.05, 0.1) is 12.1 Å². The number of rotatable bonds is 8. The second-order valence-electron chi connectivity index (χ2n) is 6.22. The SMILES string of the molecule is COCCCn1cnnc1CNC(=O)C(C)(C)N1CCCC1. The van der Waals surface area contributed by atoms with Crippen molar-refractivity contribution in [1.82, 2.24) is 25.0 Å². The molecule has 7 heteroatoms. The van der Waals surface area contributed by atoms with Gasteiger partial charge in [-0.2, -0.15) is 0 Å². The Kier molecular flexibility index (Phi) is 5.90. The largest absolute Gasteiger partial charge is 0.385 e. The predicted molar refractivity (Wildman–Crippen MR) is 83.2 cm³/mol. The number of nitrogens with zero attached hydrogens (tertiary/aromatic N) is 4. The van der Waals surface area contributed by atoms with Gasteiger partial charge in [0, 0.05) is 20.3 Å². The highest BCUT2D eigenvalue weighted by molar-refractivity contribution is 5.85. The fourth-order valence-corrected chi connectivity index (χ4v) is 2.78. The second kappa shape index (κ2) is 7.69.